The maximum absolute atomic E-state index is 14.8. The van der Waals surface area contributed by atoms with Crippen molar-refractivity contribution in [1.29, 1.82) is 0 Å². The van der Waals surface area contributed by atoms with Crippen LogP contribution in [0.3, 0.4) is 0 Å². The number of hydrogen-bond acceptors (Lipinski definition) is 5. The van der Waals surface area contributed by atoms with Gasteiger partial charge < -0.3 is 5.32 Å². The van der Waals surface area contributed by atoms with E-state index in [0.717, 1.165) is 28.4 Å². The maximum atomic E-state index is 14.8. The zero-order chi connectivity index (χ0) is 25.7. The second kappa shape index (κ2) is 7.06. The number of fused-ring (bicyclic) bond motifs is 4. The SMILES string of the molecule is Cc1c(-c2cc(F)cc3c2ccn3S(C)(=O)=O)c(C(F)(F)F)cc2c1-n1c(C)nnc1C(C)(C)N2. The lowest BCUT2D eigenvalue weighted by Crippen LogP contribution is -2.36. The highest BCUT2D eigenvalue weighted by atomic mass is 32.2. The zero-order valence-electron chi connectivity index (χ0n) is 19.4. The van der Waals surface area contributed by atoms with Crippen LogP contribution >= 0.6 is 0 Å². The van der Waals surface area contributed by atoms with Crippen LogP contribution in [-0.2, 0) is 21.7 Å². The fourth-order valence-corrected chi connectivity index (χ4v) is 5.66. The minimum Gasteiger partial charge on any atom is -0.371 e. The first-order chi connectivity index (χ1) is 16.1. The Morgan fingerprint density at radius 2 is 1.77 bits per heavy atom. The van der Waals surface area contributed by atoms with Crippen LogP contribution in [0.5, 0.6) is 0 Å². The summed E-state index contributed by atoms with van der Waals surface area (Å²) in [5.74, 6) is 0.142. The number of nitrogens with zero attached hydrogens (tertiary/aromatic N) is 4. The highest BCUT2D eigenvalue weighted by Gasteiger charge is 2.41. The van der Waals surface area contributed by atoms with Crippen LogP contribution in [0.4, 0.5) is 23.2 Å². The molecule has 2 aromatic heterocycles. The minimum absolute atomic E-state index is 0.0480. The summed E-state index contributed by atoms with van der Waals surface area (Å²) in [7, 11) is -3.82. The number of halogens is 4. The standard InChI is InChI=1S/C23H21F4N5O2S/c1-11-19(15-8-13(24)9-18-14(15)6-7-31(18)35(5,33)34)16(23(25,26)27)10-17-20(11)32-12(2)29-30-21(32)22(3,4)28-17/h6-10,28H,1-5H3. The van der Waals surface area contributed by atoms with E-state index in [9.17, 15) is 26.0 Å². The van der Waals surface area contributed by atoms with Gasteiger partial charge in [0.2, 0.25) is 10.0 Å². The molecule has 0 aliphatic carbocycles. The van der Waals surface area contributed by atoms with Crippen LogP contribution in [-0.4, -0.2) is 33.4 Å². The van der Waals surface area contributed by atoms with Crippen molar-refractivity contribution in [2.75, 3.05) is 11.6 Å². The minimum atomic E-state index is -4.78. The molecule has 0 saturated carbocycles. The molecule has 0 spiro atoms. The summed E-state index contributed by atoms with van der Waals surface area (Å²) in [6, 6.07) is 4.37. The van der Waals surface area contributed by atoms with E-state index in [2.05, 4.69) is 15.5 Å². The van der Waals surface area contributed by atoms with Gasteiger partial charge in [-0.1, -0.05) is 0 Å². The Bertz CT molecular complexity index is 1650. The van der Waals surface area contributed by atoms with Gasteiger partial charge in [0.1, 0.15) is 11.6 Å². The normalized spacial score (nSPS) is 15.1. The molecule has 1 aliphatic rings. The van der Waals surface area contributed by atoms with E-state index in [4.69, 9.17) is 0 Å². The molecular weight excluding hydrogens is 486 g/mol. The monoisotopic (exact) mass is 507 g/mol. The predicted molar refractivity (Wildman–Crippen MR) is 124 cm³/mol. The van der Waals surface area contributed by atoms with Crippen LogP contribution < -0.4 is 5.32 Å². The van der Waals surface area contributed by atoms with Crippen molar-refractivity contribution in [3.8, 4) is 16.8 Å². The molecule has 0 atom stereocenters. The number of hydrogen-bond donors (Lipinski definition) is 1. The van der Waals surface area contributed by atoms with Crippen molar-refractivity contribution in [2.45, 2.75) is 39.4 Å². The van der Waals surface area contributed by atoms with Gasteiger partial charge in [-0.05, 0) is 68.7 Å². The summed E-state index contributed by atoms with van der Waals surface area (Å²) < 4.78 is 85.0. The molecule has 1 aliphatic heterocycles. The summed E-state index contributed by atoms with van der Waals surface area (Å²) >= 11 is 0. The van der Waals surface area contributed by atoms with E-state index in [1.54, 1.807) is 25.3 Å². The average Bonchev–Trinajstić information content (AvgIpc) is 3.30. The third-order valence-corrected chi connectivity index (χ3v) is 7.30. The Balaban J connectivity index is 1.94. The molecule has 5 rings (SSSR count). The van der Waals surface area contributed by atoms with Crippen molar-refractivity contribution in [2.24, 2.45) is 0 Å². The van der Waals surface area contributed by atoms with Gasteiger partial charge >= 0.3 is 6.18 Å². The lowest BCUT2D eigenvalue weighted by atomic mass is 9.88. The van der Waals surface area contributed by atoms with Crippen LogP contribution in [0.2, 0.25) is 0 Å². The van der Waals surface area contributed by atoms with Crippen molar-refractivity contribution in [1.82, 2.24) is 18.7 Å². The van der Waals surface area contributed by atoms with Gasteiger partial charge in [-0.2, -0.15) is 13.2 Å². The topological polar surface area (TPSA) is 81.8 Å². The van der Waals surface area contributed by atoms with Crippen molar-refractivity contribution in [3.05, 3.63) is 59.1 Å². The maximum Gasteiger partial charge on any atom is 0.417 e. The van der Waals surface area contributed by atoms with Gasteiger partial charge in [0.25, 0.3) is 0 Å². The van der Waals surface area contributed by atoms with Gasteiger partial charge in [-0.15, -0.1) is 10.2 Å². The Hall–Kier alpha value is -3.41. The lowest BCUT2D eigenvalue weighted by molar-refractivity contribution is -0.137. The Kier molecular flexibility index (Phi) is 4.71. The molecule has 0 amide bonds. The molecule has 0 fully saturated rings. The largest absolute Gasteiger partial charge is 0.417 e. The van der Waals surface area contributed by atoms with Crippen LogP contribution in [0.1, 0.15) is 36.6 Å². The van der Waals surface area contributed by atoms with Crippen molar-refractivity contribution < 1.29 is 26.0 Å². The molecule has 0 bridgehead atoms. The zero-order valence-corrected chi connectivity index (χ0v) is 20.2. The number of nitrogens with one attached hydrogen (secondary N) is 1. The number of alkyl halides is 3. The van der Waals surface area contributed by atoms with E-state index < -0.39 is 33.1 Å². The highest BCUT2D eigenvalue weighted by Crippen LogP contribution is 2.48. The van der Waals surface area contributed by atoms with E-state index in [1.165, 1.54) is 19.2 Å². The fraction of sp³-hybridized carbons (Fsp3) is 0.304. The Labute approximate surface area is 198 Å². The van der Waals surface area contributed by atoms with Gasteiger partial charge in [-0.3, -0.25) is 4.57 Å². The van der Waals surface area contributed by atoms with Crippen molar-refractivity contribution >= 4 is 26.6 Å². The number of anilines is 1. The Morgan fingerprint density at radius 1 is 1.09 bits per heavy atom. The highest BCUT2D eigenvalue weighted by molar-refractivity contribution is 7.89. The summed E-state index contributed by atoms with van der Waals surface area (Å²) in [6.07, 6.45) is -2.64. The number of rotatable bonds is 2. The van der Waals surface area contributed by atoms with Crippen LogP contribution in [0.25, 0.3) is 27.7 Å². The predicted octanol–water partition coefficient (Wildman–Crippen LogP) is 5.13. The fourth-order valence-electron chi connectivity index (χ4n) is 4.87. The molecule has 0 radical (unpaired) electrons. The summed E-state index contributed by atoms with van der Waals surface area (Å²) in [4.78, 5) is 0. The Morgan fingerprint density at radius 3 is 2.40 bits per heavy atom. The molecule has 0 saturated heterocycles. The molecule has 4 aromatic rings. The van der Waals surface area contributed by atoms with Gasteiger partial charge in [0.15, 0.2) is 5.82 Å². The number of aromatic nitrogens is 4. The molecule has 2 aromatic carbocycles. The molecule has 3 heterocycles. The first kappa shape index (κ1) is 23.3. The lowest BCUT2D eigenvalue weighted by Gasteiger charge is -2.36. The first-order valence-electron chi connectivity index (χ1n) is 10.6. The van der Waals surface area contributed by atoms with Gasteiger partial charge in [0, 0.05) is 11.6 Å². The molecule has 0 unspecified atom stereocenters. The third kappa shape index (κ3) is 3.41. The van der Waals surface area contributed by atoms with E-state index in [-0.39, 0.29) is 33.3 Å². The quantitative estimate of drug-likeness (QED) is 0.381. The molecule has 184 valence electrons. The summed E-state index contributed by atoms with van der Waals surface area (Å²) in [6.45, 7) is 6.80. The average molecular weight is 508 g/mol. The molecule has 1 N–H and O–H groups in total. The van der Waals surface area contributed by atoms with E-state index >= 15 is 0 Å². The van der Waals surface area contributed by atoms with Gasteiger partial charge in [-0.25, -0.2) is 16.8 Å². The first-order valence-corrected chi connectivity index (χ1v) is 12.4. The number of aryl methyl sites for hydroxylation is 1. The molecule has 12 heteroatoms. The second-order valence-electron chi connectivity index (χ2n) is 9.23. The van der Waals surface area contributed by atoms with Gasteiger partial charge in [0.05, 0.1) is 34.2 Å². The molecular formula is C23H21F4N5O2S. The van der Waals surface area contributed by atoms with Crippen LogP contribution in [0.15, 0.2) is 30.5 Å². The van der Waals surface area contributed by atoms with Crippen molar-refractivity contribution in [3.63, 3.8) is 0 Å². The third-order valence-electron chi connectivity index (χ3n) is 6.27. The summed E-state index contributed by atoms with van der Waals surface area (Å²) in [5, 5.41) is 11.6. The van der Waals surface area contributed by atoms with E-state index in [0.29, 0.717) is 17.3 Å². The molecule has 35 heavy (non-hydrogen) atoms. The van der Waals surface area contributed by atoms with E-state index in [1.807, 2.05) is 0 Å². The smallest absolute Gasteiger partial charge is 0.371 e. The second-order valence-corrected chi connectivity index (χ2v) is 11.1. The summed E-state index contributed by atoms with van der Waals surface area (Å²) in [5.41, 5.74) is -1.24. The molecule has 7 nitrogen and oxygen atoms in total. The number of benzene rings is 2. The van der Waals surface area contributed by atoms with Crippen LogP contribution in [0, 0.1) is 19.7 Å².